The lowest BCUT2D eigenvalue weighted by molar-refractivity contribution is 0.242. The molecule has 128 valence electrons. The van der Waals surface area contributed by atoms with Gasteiger partial charge in [-0.15, -0.1) is 5.10 Å². The number of rotatable bonds is 5. The maximum absolute atomic E-state index is 5.77. The highest BCUT2D eigenvalue weighted by atomic mass is 16.5. The van der Waals surface area contributed by atoms with Gasteiger partial charge in [0.05, 0.1) is 17.3 Å². The Balaban J connectivity index is 1.36. The molecule has 2 saturated carbocycles. The number of fused-ring (bicyclic) bond motifs is 1. The van der Waals surface area contributed by atoms with E-state index in [9.17, 15) is 0 Å². The molecule has 3 heterocycles. The van der Waals surface area contributed by atoms with Gasteiger partial charge in [-0.1, -0.05) is 16.8 Å². The Morgan fingerprint density at radius 1 is 1.33 bits per heavy atom. The van der Waals surface area contributed by atoms with Crippen molar-refractivity contribution in [2.24, 2.45) is 18.9 Å². The Bertz CT molecular complexity index is 735. The summed E-state index contributed by atoms with van der Waals surface area (Å²) in [7, 11) is 1.96. The summed E-state index contributed by atoms with van der Waals surface area (Å²) < 4.78 is 7.63. The maximum atomic E-state index is 5.77. The molecule has 5 rings (SSSR count). The average Bonchev–Trinajstić information content (AvgIpc) is 2.93. The number of nitrogens with zero attached hydrogens (tertiary/aromatic N) is 6. The van der Waals surface area contributed by atoms with Crippen LogP contribution in [0.5, 0.6) is 0 Å². The molecule has 0 amide bonds. The molecule has 24 heavy (non-hydrogen) atoms. The monoisotopic (exact) mass is 328 g/mol. The molecule has 2 aromatic rings. The molecule has 7 heteroatoms. The van der Waals surface area contributed by atoms with E-state index >= 15 is 0 Å². The van der Waals surface area contributed by atoms with Gasteiger partial charge < -0.3 is 4.52 Å². The first-order valence-electron chi connectivity index (χ1n) is 9.12. The van der Waals surface area contributed by atoms with E-state index in [0.29, 0.717) is 5.92 Å². The van der Waals surface area contributed by atoms with Gasteiger partial charge in [-0.3, -0.25) is 9.58 Å². The molecule has 7 nitrogen and oxygen atoms in total. The van der Waals surface area contributed by atoms with E-state index < -0.39 is 0 Å². The lowest BCUT2D eigenvalue weighted by atomic mass is 9.80. The molecule has 2 aliphatic carbocycles. The molecule has 2 aromatic heterocycles. The van der Waals surface area contributed by atoms with Crippen LogP contribution in [0.1, 0.15) is 49.5 Å². The molecular formula is C17H24N6O. The standard InChI is InChI=1S/C17H24N6O/c1-22-14(8-18-21-22)10-23-9-13-3-2-6-17(13,11-23)16-19-15(20-24-16)7-12-4-5-12/h8,12-13H,2-7,9-11H2,1H3/t13-,17-/m1/s1. The minimum Gasteiger partial charge on any atom is -0.339 e. The molecule has 0 spiro atoms. The molecule has 0 N–H and O–H groups in total. The van der Waals surface area contributed by atoms with Crippen LogP contribution in [0, 0.1) is 11.8 Å². The zero-order chi connectivity index (χ0) is 16.1. The van der Waals surface area contributed by atoms with Crippen molar-refractivity contribution in [3.05, 3.63) is 23.6 Å². The van der Waals surface area contributed by atoms with Crippen LogP contribution in [0.15, 0.2) is 10.7 Å². The quantitative estimate of drug-likeness (QED) is 0.832. The third-order valence-electron chi connectivity index (χ3n) is 6.20. The maximum Gasteiger partial charge on any atom is 0.234 e. The molecule has 0 unspecified atom stereocenters. The summed E-state index contributed by atoms with van der Waals surface area (Å²) in [5.74, 6) is 3.24. The molecule has 1 aliphatic heterocycles. The predicted octanol–water partition coefficient (Wildman–Crippen LogP) is 1.70. The van der Waals surface area contributed by atoms with Crippen molar-refractivity contribution in [1.29, 1.82) is 0 Å². The summed E-state index contributed by atoms with van der Waals surface area (Å²) in [5.41, 5.74) is 1.23. The predicted molar refractivity (Wildman–Crippen MR) is 86.0 cm³/mol. The van der Waals surface area contributed by atoms with Gasteiger partial charge in [0.25, 0.3) is 0 Å². The zero-order valence-electron chi connectivity index (χ0n) is 14.2. The fraction of sp³-hybridized carbons (Fsp3) is 0.765. The highest BCUT2D eigenvalue weighted by Gasteiger charge is 2.54. The van der Waals surface area contributed by atoms with Crippen LogP contribution in [0.4, 0.5) is 0 Å². The lowest BCUT2D eigenvalue weighted by Crippen LogP contribution is -2.32. The van der Waals surface area contributed by atoms with Crippen molar-refractivity contribution in [3.8, 4) is 0 Å². The van der Waals surface area contributed by atoms with Gasteiger partial charge in [-0.25, -0.2) is 0 Å². The van der Waals surface area contributed by atoms with Gasteiger partial charge in [-0.2, -0.15) is 4.98 Å². The van der Waals surface area contributed by atoms with Gasteiger partial charge in [0.15, 0.2) is 5.82 Å². The molecule has 3 aliphatic rings. The van der Waals surface area contributed by atoms with Crippen molar-refractivity contribution in [2.45, 2.75) is 50.5 Å². The fourth-order valence-electron chi connectivity index (χ4n) is 4.67. The third-order valence-corrected chi connectivity index (χ3v) is 6.20. The van der Waals surface area contributed by atoms with Crippen LogP contribution in [0.2, 0.25) is 0 Å². The second kappa shape index (κ2) is 5.37. The second-order valence-electron chi connectivity index (χ2n) is 7.93. The van der Waals surface area contributed by atoms with Gasteiger partial charge in [-0.05, 0) is 37.5 Å². The van der Waals surface area contributed by atoms with Crippen molar-refractivity contribution < 1.29 is 4.52 Å². The minimum atomic E-state index is 0.0703. The van der Waals surface area contributed by atoms with Crippen LogP contribution < -0.4 is 0 Å². The Morgan fingerprint density at radius 2 is 2.25 bits per heavy atom. The number of aryl methyl sites for hydroxylation is 1. The van der Waals surface area contributed by atoms with E-state index in [4.69, 9.17) is 9.51 Å². The van der Waals surface area contributed by atoms with E-state index in [1.807, 2.05) is 17.9 Å². The van der Waals surface area contributed by atoms with Gasteiger partial charge >= 0.3 is 0 Å². The first-order chi connectivity index (χ1) is 11.7. The number of aromatic nitrogens is 5. The lowest BCUT2D eigenvalue weighted by Gasteiger charge is -2.24. The van der Waals surface area contributed by atoms with Crippen LogP contribution in [-0.4, -0.2) is 43.1 Å². The van der Waals surface area contributed by atoms with Crippen LogP contribution >= 0.6 is 0 Å². The van der Waals surface area contributed by atoms with Crippen molar-refractivity contribution >= 4 is 0 Å². The Morgan fingerprint density at radius 3 is 3.04 bits per heavy atom. The second-order valence-corrected chi connectivity index (χ2v) is 7.93. The minimum absolute atomic E-state index is 0.0703. The molecular weight excluding hydrogens is 304 g/mol. The molecule has 2 atom stereocenters. The normalized spacial score (nSPS) is 30.1. The molecule has 0 bridgehead atoms. The summed E-state index contributed by atoms with van der Waals surface area (Å²) >= 11 is 0. The Kier molecular flexibility index (Phi) is 3.26. The summed E-state index contributed by atoms with van der Waals surface area (Å²) in [5, 5.41) is 12.3. The summed E-state index contributed by atoms with van der Waals surface area (Å²) in [6.45, 7) is 3.00. The van der Waals surface area contributed by atoms with Crippen molar-refractivity contribution in [3.63, 3.8) is 0 Å². The van der Waals surface area contributed by atoms with E-state index in [1.54, 1.807) is 0 Å². The Hall–Kier alpha value is -1.76. The van der Waals surface area contributed by atoms with E-state index in [2.05, 4.69) is 20.4 Å². The first kappa shape index (κ1) is 14.6. The number of likely N-dealkylation sites (tertiary alicyclic amines) is 1. The van der Waals surface area contributed by atoms with Gasteiger partial charge in [0.1, 0.15) is 0 Å². The number of hydrogen-bond acceptors (Lipinski definition) is 6. The van der Waals surface area contributed by atoms with Crippen molar-refractivity contribution in [2.75, 3.05) is 13.1 Å². The SMILES string of the molecule is Cn1nncc1CN1C[C@H]2CCC[C@@]2(c2nc(CC3CC3)no2)C1. The zero-order valence-corrected chi connectivity index (χ0v) is 14.2. The van der Waals surface area contributed by atoms with Crippen LogP contribution in [-0.2, 0) is 25.4 Å². The van der Waals surface area contributed by atoms with E-state index in [-0.39, 0.29) is 5.41 Å². The summed E-state index contributed by atoms with van der Waals surface area (Å²) in [6, 6.07) is 0. The van der Waals surface area contributed by atoms with Crippen LogP contribution in [0.3, 0.4) is 0 Å². The topological polar surface area (TPSA) is 72.9 Å². The van der Waals surface area contributed by atoms with E-state index in [0.717, 1.165) is 49.4 Å². The number of hydrogen-bond donors (Lipinski definition) is 0. The van der Waals surface area contributed by atoms with E-state index in [1.165, 1.54) is 32.1 Å². The van der Waals surface area contributed by atoms with Gasteiger partial charge in [0, 0.05) is 33.1 Å². The molecule has 3 fully saturated rings. The highest BCUT2D eigenvalue weighted by Crippen LogP contribution is 2.50. The van der Waals surface area contributed by atoms with Gasteiger partial charge in [0.2, 0.25) is 5.89 Å². The first-order valence-corrected chi connectivity index (χ1v) is 9.12. The fourth-order valence-corrected chi connectivity index (χ4v) is 4.67. The smallest absolute Gasteiger partial charge is 0.234 e. The summed E-state index contributed by atoms with van der Waals surface area (Å²) in [4.78, 5) is 7.33. The van der Waals surface area contributed by atoms with Crippen molar-refractivity contribution in [1.82, 2.24) is 30.0 Å². The Labute approximate surface area is 141 Å². The summed E-state index contributed by atoms with van der Waals surface area (Å²) in [6.07, 6.45) is 9.21. The highest BCUT2D eigenvalue weighted by molar-refractivity contribution is 5.18. The third kappa shape index (κ3) is 2.37. The molecule has 1 saturated heterocycles. The van der Waals surface area contributed by atoms with Crippen LogP contribution in [0.25, 0.3) is 0 Å². The molecule has 0 radical (unpaired) electrons. The molecule has 0 aromatic carbocycles. The largest absolute Gasteiger partial charge is 0.339 e. The average molecular weight is 328 g/mol.